The van der Waals surface area contributed by atoms with E-state index in [1.165, 1.54) is 5.56 Å². The quantitative estimate of drug-likeness (QED) is 0.895. The maximum atomic E-state index is 10.5. The van der Waals surface area contributed by atoms with Gasteiger partial charge in [0.25, 0.3) is 0 Å². The van der Waals surface area contributed by atoms with Gasteiger partial charge in [-0.2, -0.15) is 0 Å². The first kappa shape index (κ1) is 12.2. The van der Waals surface area contributed by atoms with Gasteiger partial charge in [-0.15, -0.1) is 11.3 Å². The summed E-state index contributed by atoms with van der Waals surface area (Å²) in [6, 6.07) is 12.2. The van der Waals surface area contributed by atoms with Crippen molar-refractivity contribution in [1.29, 1.82) is 0 Å². The van der Waals surface area contributed by atoms with E-state index in [4.69, 9.17) is 11.6 Å². The minimum absolute atomic E-state index is 0.0332. The molecule has 1 aliphatic carbocycles. The number of thiophene rings is 1. The Hall–Kier alpha value is -0.830. The summed E-state index contributed by atoms with van der Waals surface area (Å²) in [4.78, 5) is 1.09. The molecule has 1 atom stereocenters. The number of benzene rings is 1. The highest BCUT2D eigenvalue weighted by Crippen LogP contribution is 2.52. The smallest absolute Gasteiger partial charge is 0.0685 e. The molecular weight excluding hydrogens is 264 g/mol. The summed E-state index contributed by atoms with van der Waals surface area (Å²) in [7, 11) is 0. The normalized spacial score (nSPS) is 18.6. The number of aliphatic hydroxyl groups excluding tert-OH is 1. The van der Waals surface area contributed by atoms with Gasteiger partial charge in [0, 0.05) is 16.7 Å². The van der Waals surface area contributed by atoms with Crippen molar-refractivity contribution < 1.29 is 5.11 Å². The zero-order valence-electron chi connectivity index (χ0n) is 9.97. The molecule has 1 heterocycles. The molecule has 1 fully saturated rings. The molecule has 0 amide bonds. The maximum Gasteiger partial charge on any atom is 0.0685 e. The van der Waals surface area contributed by atoms with Gasteiger partial charge in [0.1, 0.15) is 0 Å². The standard InChI is InChI=1S/C15H15ClOS/c16-12-6-9-18-13(12)10-14(17)15(7-8-15)11-4-2-1-3-5-11/h1-6,9,14,17H,7-8,10H2. The average Bonchev–Trinajstić information content (AvgIpc) is 3.12. The molecule has 18 heavy (non-hydrogen) atoms. The highest BCUT2D eigenvalue weighted by Gasteiger charge is 2.50. The summed E-state index contributed by atoms with van der Waals surface area (Å²) in [6.07, 6.45) is 2.46. The fourth-order valence-corrected chi connectivity index (χ4v) is 3.71. The Morgan fingerprint density at radius 1 is 1.22 bits per heavy atom. The number of rotatable bonds is 4. The van der Waals surface area contributed by atoms with E-state index in [9.17, 15) is 5.11 Å². The molecule has 0 aliphatic heterocycles. The van der Waals surface area contributed by atoms with Crippen LogP contribution in [0, 0.1) is 0 Å². The fraction of sp³-hybridized carbons (Fsp3) is 0.333. The molecule has 1 aromatic heterocycles. The lowest BCUT2D eigenvalue weighted by Crippen LogP contribution is -2.27. The predicted octanol–water partition coefficient (Wildman–Crippen LogP) is 4.04. The van der Waals surface area contributed by atoms with Crippen molar-refractivity contribution in [1.82, 2.24) is 0 Å². The molecule has 94 valence electrons. The van der Waals surface area contributed by atoms with Crippen molar-refractivity contribution >= 4 is 22.9 Å². The largest absolute Gasteiger partial charge is 0.392 e. The average molecular weight is 279 g/mol. The van der Waals surface area contributed by atoms with Gasteiger partial charge in [0.05, 0.1) is 11.1 Å². The molecule has 3 heteroatoms. The Labute approximate surface area is 116 Å². The first-order valence-corrected chi connectivity index (χ1v) is 7.43. The number of halogens is 1. The van der Waals surface area contributed by atoms with Crippen molar-refractivity contribution in [3.8, 4) is 0 Å². The Morgan fingerprint density at radius 2 is 1.94 bits per heavy atom. The molecule has 1 aromatic carbocycles. The van der Waals surface area contributed by atoms with Crippen LogP contribution in [0.1, 0.15) is 23.3 Å². The maximum absolute atomic E-state index is 10.5. The third-order valence-electron chi connectivity index (χ3n) is 3.85. The van der Waals surface area contributed by atoms with Gasteiger partial charge in [-0.1, -0.05) is 41.9 Å². The Kier molecular flexibility index (Phi) is 3.18. The van der Waals surface area contributed by atoms with Crippen LogP contribution in [0.5, 0.6) is 0 Å². The van der Waals surface area contributed by atoms with Crippen LogP contribution in [0.4, 0.5) is 0 Å². The van der Waals surface area contributed by atoms with E-state index in [-0.39, 0.29) is 11.5 Å². The van der Waals surface area contributed by atoms with Crippen molar-refractivity contribution in [2.45, 2.75) is 30.8 Å². The van der Waals surface area contributed by atoms with Gasteiger partial charge in [0.2, 0.25) is 0 Å². The monoisotopic (exact) mass is 278 g/mol. The van der Waals surface area contributed by atoms with Gasteiger partial charge in [-0.05, 0) is 29.9 Å². The fourth-order valence-electron chi connectivity index (χ4n) is 2.56. The van der Waals surface area contributed by atoms with Gasteiger partial charge < -0.3 is 5.11 Å². The summed E-state index contributed by atoms with van der Waals surface area (Å²) in [5, 5.41) is 13.3. The van der Waals surface area contributed by atoms with E-state index in [1.807, 2.05) is 29.6 Å². The van der Waals surface area contributed by atoms with Gasteiger partial charge in [0.15, 0.2) is 0 Å². The van der Waals surface area contributed by atoms with E-state index in [0.717, 1.165) is 22.7 Å². The van der Waals surface area contributed by atoms with Crippen molar-refractivity contribution in [2.24, 2.45) is 0 Å². The zero-order chi connectivity index (χ0) is 12.6. The molecule has 0 bridgehead atoms. The van der Waals surface area contributed by atoms with Crippen LogP contribution in [0.15, 0.2) is 41.8 Å². The van der Waals surface area contributed by atoms with Gasteiger partial charge >= 0.3 is 0 Å². The lowest BCUT2D eigenvalue weighted by Gasteiger charge is -2.22. The molecule has 3 rings (SSSR count). The summed E-state index contributed by atoms with van der Waals surface area (Å²) >= 11 is 7.72. The SMILES string of the molecule is OC(Cc1sccc1Cl)C1(c2ccccc2)CC1. The molecule has 1 nitrogen and oxygen atoms in total. The summed E-state index contributed by atoms with van der Waals surface area (Å²) < 4.78 is 0. The van der Waals surface area contributed by atoms with Crippen LogP contribution < -0.4 is 0 Å². The van der Waals surface area contributed by atoms with E-state index < -0.39 is 0 Å². The van der Waals surface area contributed by atoms with Gasteiger partial charge in [-0.25, -0.2) is 0 Å². The highest BCUT2D eigenvalue weighted by molar-refractivity contribution is 7.10. The van der Waals surface area contributed by atoms with Crippen molar-refractivity contribution in [3.63, 3.8) is 0 Å². The molecule has 1 saturated carbocycles. The van der Waals surface area contributed by atoms with E-state index >= 15 is 0 Å². The highest BCUT2D eigenvalue weighted by atomic mass is 35.5. The van der Waals surface area contributed by atoms with E-state index in [0.29, 0.717) is 6.42 Å². The van der Waals surface area contributed by atoms with Crippen LogP contribution in [-0.4, -0.2) is 11.2 Å². The Bertz CT molecular complexity index is 530. The number of aliphatic hydroxyl groups is 1. The molecule has 1 N–H and O–H groups in total. The second-order valence-electron chi connectivity index (χ2n) is 4.93. The molecular formula is C15H15ClOS. The summed E-state index contributed by atoms with van der Waals surface area (Å²) in [5.41, 5.74) is 1.22. The topological polar surface area (TPSA) is 20.2 Å². The summed E-state index contributed by atoms with van der Waals surface area (Å²) in [6.45, 7) is 0. The molecule has 2 aromatic rings. The number of hydrogen-bond donors (Lipinski definition) is 1. The van der Waals surface area contributed by atoms with E-state index in [2.05, 4.69) is 12.1 Å². The van der Waals surface area contributed by atoms with Crippen LogP contribution in [-0.2, 0) is 11.8 Å². The van der Waals surface area contributed by atoms with Crippen LogP contribution in [0.25, 0.3) is 0 Å². The lowest BCUT2D eigenvalue weighted by molar-refractivity contribution is 0.132. The Balaban J connectivity index is 1.81. The minimum Gasteiger partial charge on any atom is -0.392 e. The van der Waals surface area contributed by atoms with Crippen molar-refractivity contribution in [2.75, 3.05) is 0 Å². The first-order valence-electron chi connectivity index (χ1n) is 6.18. The third-order valence-corrected chi connectivity index (χ3v) is 5.25. The van der Waals surface area contributed by atoms with Crippen molar-refractivity contribution in [3.05, 3.63) is 57.2 Å². The zero-order valence-corrected chi connectivity index (χ0v) is 11.5. The van der Waals surface area contributed by atoms with Crippen LogP contribution in [0.3, 0.4) is 0 Å². The molecule has 1 unspecified atom stereocenters. The lowest BCUT2D eigenvalue weighted by atomic mass is 9.88. The molecule has 0 saturated heterocycles. The molecule has 1 aliphatic rings. The predicted molar refractivity (Wildman–Crippen MR) is 76.4 cm³/mol. The number of hydrogen-bond acceptors (Lipinski definition) is 2. The third kappa shape index (κ3) is 2.09. The minimum atomic E-state index is -0.337. The molecule has 0 spiro atoms. The van der Waals surface area contributed by atoms with E-state index in [1.54, 1.807) is 11.3 Å². The van der Waals surface area contributed by atoms with Crippen LogP contribution >= 0.6 is 22.9 Å². The van der Waals surface area contributed by atoms with Crippen LogP contribution in [0.2, 0.25) is 5.02 Å². The van der Waals surface area contributed by atoms with Gasteiger partial charge in [-0.3, -0.25) is 0 Å². The Morgan fingerprint density at radius 3 is 2.50 bits per heavy atom. The first-order chi connectivity index (χ1) is 8.72. The summed E-state index contributed by atoms with van der Waals surface area (Å²) in [5.74, 6) is 0. The second kappa shape index (κ2) is 4.69. The molecule has 0 radical (unpaired) electrons. The second-order valence-corrected chi connectivity index (χ2v) is 6.34.